The van der Waals surface area contributed by atoms with Gasteiger partial charge in [0, 0.05) is 36.3 Å². The molecule has 0 aliphatic carbocycles. The molecule has 1 N–H and O–H groups in total. The number of hydrogen-bond donors (Lipinski definition) is 1. The third kappa shape index (κ3) is 5.23. The van der Waals surface area contributed by atoms with Crippen LogP contribution in [0.3, 0.4) is 0 Å². The number of nitrogens with one attached hydrogen (secondary N) is 1. The van der Waals surface area contributed by atoms with E-state index < -0.39 is 0 Å². The first-order valence-electron chi connectivity index (χ1n) is 8.48. The quantitative estimate of drug-likeness (QED) is 0.779. The lowest BCUT2D eigenvalue weighted by Crippen LogP contribution is -2.32. The maximum absolute atomic E-state index is 12.3. The van der Waals surface area contributed by atoms with Crippen LogP contribution in [0.15, 0.2) is 42.5 Å². The van der Waals surface area contributed by atoms with E-state index in [1.54, 1.807) is 23.1 Å². The van der Waals surface area contributed by atoms with Gasteiger partial charge in [0.15, 0.2) is 0 Å². The molecule has 5 nitrogen and oxygen atoms in total. The van der Waals surface area contributed by atoms with Crippen LogP contribution in [-0.4, -0.2) is 25.0 Å². The van der Waals surface area contributed by atoms with Crippen molar-refractivity contribution >= 4 is 34.8 Å². The minimum Gasteiger partial charge on any atom is -0.494 e. The summed E-state index contributed by atoms with van der Waals surface area (Å²) in [5.41, 5.74) is 2.23. The van der Waals surface area contributed by atoms with Gasteiger partial charge in [-0.3, -0.25) is 9.59 Å². The molecule has 2 amide bonds. The standard InChI is InChI=1S/C20H23ClN2O3/c1-4-26-17-10-8-16(9-11-17)23(15(3)24)13-12-20(25)22-19-7-5-6-18(21)14(19)2/h5-11H,4,12-13H2,1-3H3,(H,22,25). The van der Waals surface area contributed by atoms with Gasteiger partial charge in [0.1, 0.15) is 5.75 Å². The highest BCUT2D eigenvalue weighted by atomic mass is 35.5. The number of nitrogens with zero attached hydrogens (tertiary/aromatic N) is 1. The van der Waals surface area contributed by atoms with Crippen molar-refractivity contribution in [2.45, 2.75) is 27.2 Å². The molecule has 0 unspecified atom stereocenters. The second-order valence-corrected chi connectivity index (χ2v) is 6.22. The number of rotatable bonds is 7. The summed E-state index contributed by atoms with van der Waals surface area (Å²) in [6.07, 6.45) is 0.179. The topological polar surface area (TPSA) is 58.6 Å². The van der Waals surface area contributed by atoms with Crippen molar-refractivity contribution in [3.63, 3.8) is 0 Å². The summed E-state index contributed by atoms with van der Waals surface area (Å²) in [5, 5.41) is 3.44. The van der Waals surface area contributed by atoms with Crippen molar-refractivity contribution in [2.24, 2.45) is 0 Å². The summed E-state index contributed by atoms with van der Waals surface area (Å²) in [6, 6.07) is 12.6. The summed E-state index contributed by atoms with van der Waals surface area (Å²) < 4.78 is 5.41. The fourth-order valence-electron chi connectivity index (χ4n) is 2.53. The van der Waals surface area contributed by atoms with Crippen LogP contribution >= 0.6 is 11.6 Å². The van der Waals surface area contributed by atoms with E-state index >= 15 is 0 Å². The van der Waals surface area contributed by atoms with Gasteiger partial charge >= 0.3 is 0 Å². The molecular weight excluding hydrogens is 352 g/mol. The molecule has 0 heterocycles. The molecule has 0 atom stereocenters. The molecule has 2 rings (SSSR count). The second-order valence-electron chi connectivity index (χ2n) is 5.81. The number of ether oxygens (including phenoxy) is 1. The Hall–Kier alpha value is -2.53. The smallest absolute Gasteiger partial charge is 0.226 e. The molecular formula is C20H23ClN2O3. The number of anilines is 2. The SMILES string of the molecule is CCOc1ccc(N(CCC(=O)Nc2cccc(Cl)c2C)C(C)=O)cc1. The minimum atomic E-state index is -0.174. The lowest BCUT2D eigenvalue weighted by molar-refractivity contribution is -0.117. The molecule has 26 heavy (non-hydrogen) atoms. The third-order valence-corrected chi connectivity index (χ3v) is 4.35. The molecule has 0 saturated carbocycles. The molecule has 0 fully saturated rings. The van der Waals surface area contributed by atoms with Gasteiger partial charge in [-0.2, -0.15) is 0 Å². The summed E-state index contributed by atoms with van der Waals surface area (Å²) in [5.74, 6) is 0.447. The molecule has 0 radical (unpaired) electrons. The van der Waals surface area contributed by atoms with E-state index in [0.29, 0.717) is 17.3 Å². The predicted molar refractivity (Wildman–Crippen MR) is 105 cm³/mol. The average molecular weight is 375 g/mol. The van der Waals surface area contributed by atoms with Gasteiger partial charge in [0.2, 0.25) is 11.8 Å². The van der Waals surface area contributed by atoms with Crippen LogP contribution in [0.25, 0.3) is 0 Å². The molecule has 0 saturated heterocycles. The van der Waals surface area contributed by atoms with Gasteiger partial charge in [0.05, 0.1) is 6.61 Å². The fourth-order valence-corrected chi connectivity index (χ4v) is 2.70. The van der Waals surface area contributed by atoms with E-state index in [1.807, 2.05) is 38.1 Å². The van der Waals surface area contributed by atoms with Gasteiger partial charge < -0.3 is 15.0 Å². The van der Waals surface area contributed by atoms with E-state index in [0.717, 1.165) is 17.0 Å². The van der Waals surface area contributed by atoms with Crippen LogP contribution in [0.5, 0.6) is 5.75 Å². The second kappa shape index (κ2) is 9.25. The Bertz CT molecular complexity index is 775. The van der Waals surface area contributed by atoms with E-state index in [9.17, 15) is 9.59 Å². The maximum atomic E-state index is 12.3. The predicted octanol–water partition coefficient (Wildman–Crippen LogP) is 4.43. The Morgan fingerprint density at radius 1 is 1.15 bits per heavy atom. The number of halogens is 1. The van der Waals surface area contributed by atoms with E-state index in [-0.39, 0.29) is 24.8 Å². The Morgan fingerprint density at radius 3 is 2.46 bits per heavy atom. The monoisotopic (exact) mass is 374 g/mol. The molecule has 0 bridgehead atoms. The van der Waals surface area contributed by atoms with E-state index in [2.05, 4.69) is 5.32 Å². The maximum Gasteiger partial charge on any atom is 0.226 e. The number of benzene rings is 2. The Morgan fingerprint density at radius 2 is 1.85 bits per heavy atom. The average Bonchev–Trinajstić information content (AvgIpc) is 2.60. The lowest BCUT2D eigenvalue weighted by Gasteiger charge is -2.21. The van der Waals surface area contributed by atoms with Crippen LogP contribution in [-0.2, 0) is 9.59 Å². The highest BCUT2D eigenvalue weighted by Gasteiger charge is 2.14. The van der Waals surface area contributed by atoms with Crippen molar-refractivity contribution < 1.29 is 14.3 Å². The number of carbonyl (C=O) groups excluding carboxylic acids is 2. The molecule has 0 aliphatic rings. The minimum absolute atomic E-state index is 0.124. The Labute approximate surface area is 158 Å². The molecule has 2 aromatic carbocycles. The summed E-state index contributed by atoms with van der Waals surface area (Å²) >= 11 is 6.07. The zero-order valence-corrected chi connectivity index (χ0v) is 16.0. The van der Waals surface area contributed by atoms with Gasteiger partial charge in [-0.1, -0.05) is 17.7 Å². The molecule has 138 valence electrons. The third-order valence-electron chi connectivity index (χ3n) is 3.94. The summed E-state index contributed by atoms with van der Waals surface area (Å²) in [7, 11) is 0. The molecule has 2 aromatic rings. The zero-order valence-electron chi connectivity index (χ0n) is 15.2. The molecule has 0 aliphatic heterocycles. The van der Waals surface area contributed by atoms with Crippen LogP contribution in [0.4, 0.5) is 11.4 Å². The Balaban J connectivity index is 2.00. The first-order valence-corrected chi connectivity index (χ1v) is 8.86. The lowest BCUT2D eigenvalue weighted by atomic mass is 10.2. The Kier molecular flexibility index (Phi) is 7.04. The van der Waals surface area contributed by atoms with Crippen molar-refractivity contribution in [3.05, 3.63) is 53.1 Å². The van der Waals surface area contributed by atoms with Crippen LogP contribution < -0.4 is 15.0 Å². The van der Waals surface area contributed by atoms with Crippen molar-refractivity contribution in [2.75, 3.05) is 23.4 Å². The normalized spacial score (nSPS) is 10.3. The van der Waals surface area contributed by atoms with Crippen molar-refractivity contribution in [1.29, 1.82) is 0 Å². The van der Waals surface area contributed by atoms with Crippen LogP contribution in [0.1, 0.15) is 25.8 Å². The summed E-state index contributed by atoms with van der Waals surface area (Å²) in [4.78, 5) is 25.8. The summed E-state index contributed by atoms with van der Waals surface area (Å²) in [6.45, 7) is 6.11. The van der Waals surface area contributed by atoms with Gasteiger partial charge in [0.25, 0.3) is 0 Å². The van der Waals surface area contributed by atoms with Gasteiger partial charge in [-0.05, 0) is 55.8 Å². The largest absolute Gasteiger partial charge is 0.494 e. The van der Waals surface area contributed by atoms with Crippen molar-refractivity contribution in [1.82, 2.24) is 0 Å². The number of carbonyl (C=O) groups is 2. The van der Waals surface area contributed by atoms with E-state index in [1.165, 1.54) is 6.92 Å². The number of hydrogen-bond acceptors (Lipinski definition) is 3. The molecule has 0 spiro atoms. The molecule has 0 aromatic heterocycles. The number of amides is 2. The van der Waals surface area contributed by atoms with Crippen LogP contribution in [0, 0.1) is 6.92 Å². The first-order chi connectivity index (χ1) is 12.4. The van der Waals surface area contributed by atoms with Gasteiger partial charge in [-0.15, -0.1) is 0 Å². The highest BCUT2D eigenvalue weighted by molar-refractivity contribution is 6.31. The first kappa shape index (κ1) is 19.8. The van der Waals surface area contributed by atoms with Crippen LogP contribution in [0.2, 0.25) is 5.02 Å². The van der Waals surface area contributed by atoms with E-state index in [4.69, 9.17) is 16.3 Å². The van der Waals surface area contributed by atoms with Crippen molar-refractivity contribution in [3.8, 4) is 5.75 Å². The van der Waals surface area contributed by atoms with Gasteiger partial charge in [-0.25, -0.2) is 0 Å². The zero-order chi connectivity index (χ0) is 19.1. The highest BCUT2D eigenvalue weighted by Crippen LogP contribution is 2.23. The fraction of sp³-hybridized carbons (Fsp3) is 0.300. The molecule has 6 heteroatoms.